The fraction of sp³-hybridized carbons (Fsp3) is 0.889. The zero-order valence-electron chi connectivity index (χ0n) is 7.05. The van der Waals surface area contributed by atoms with Gasteiger partial charge in [-0.05, 0) is 32.4 Å². The van der Waals surface area contributed by atoms with E-state index in [0.29, 0.717) is 11.8 Å². The summed E-state index contributed by atoms with van der Waals surface area (Å²) in [7, 11) is 2.14. The highest BCUT2D eigenvalue weighted by molar-refractivity contribution is 5.80. The molecule has 1 saturated heterocycles. The molecule has 0 radical (unpaired) electrons. The van der Waals surface area contributed by atoms with Gasteiger partial charge in [-0.25, -0.2) is 0 Å². The number of carbonyl (C=O) groups is 1. The third kappa shape index (κ3) is 1.20. The third-order valence-electron chi connectivity index (χ3n) is 3.19. The maximum atomic E-state index is 11.1. The number of rotatable bonds is 0. The predicted molar refractivity (Wildman–Crippen MR) is 43.4 cm³/mol. The molecule has 0 N–H and O–H groups in total. The maximum Gasteiger partial charge on any atom is 0.134 e. The lowest BCUT2D eigenvalue weighted by molar-refractivity contribution is -0.122. The van der Waals surface area contributed by atoms with Gasteiger partial charge < -0.3 is 4.90 Å². The van der Waals surface area contributed by atoms with Crippen LogP contribution in [-0.4, -0.2) is 30.3 Å². The van der Waals surface area contributed by atoms with E-state index in [2.05, 4.69) is 11.9 Å². The van der Waals surface area contributed by atoms with E-state index in [-0.39, 0.29) is 0 Å². The van der Waals surface area contributed by atoms with Gasteiger partial charge in [-0.1, -0.05) is 0 Å². The van der Waals surface area contributed by atoms with Crippen LogP contribution in [0, 0.1) is 5.92 Å². The van der Waals surface area contributed by atoms with E-state index in [1.165, 1.54) is 13.0 Å². The number of hydrogen-bond acceptors (Lipinski definition) is 2. The van der Waals surface area contributed by atoms with Gasteiger partial charge in [0.1, 0.15) is 5.78 Å². The molecule has 1 aliphatic heterocycles. The third-order valence-corrected chi connectivity index (χ3v) is 3.19. The van der Waals surface area contributed by atoms with Gasteiger partial charge >= 0.3 is 0 Å². The Hall–Kier alpha value is -0.370. The Morgan fingerprint density at radius 3 is 3.09 bits per heavy atom. The number of carbonyl (C=O) groups excluding carboxylic acids is 1. The van der Waals surface area contributed by atoms with Crippen molar-refractivity contribution < 1.29 is 4.79 Å². The van der Waals surface area contributed by atoms with Gasteiger partial charge in [0.15, 0.2) is 0 Å². The summed E-state index contributed by atoms with van der Waals surface area (Å²) in [5, 5.41) is 0. The summed E-state index contributed by atoms with van der Waals surface area (Å²) in [4.78, 5) is 13.5. The second kappa shape index (κ2) is 2.59. The lowest BCUT2D eigenvalue weighted by Crippen LogP contribution is -2.35. The van der Waals surface area contributed by atoms with Crippen molar-refractivity contribution in [1.82, 2.24) is 4.90 Å². The summed E-state index contributed by atoms with van der Waals surface area (Å²) in [6.45, 7) is 1.20. The van der Waals surface area contributed by atoms with Crippen LogP contribution < -0.4 is 0 Å². The van der Waals surface area contributed by atoms with E-state index in [1.807, 2.05) is 0 Å². The molecule has 2 rings (SSSR count). The van der Waals surface area contributed by atoms with Crippen molar-refractivity contribution in [1.29, 1.82) is 0 Å². The Bertz CT molecular complexity index is 178. The van der Waals surface area contributed by atoms with E-state index < -0.39 is 0 Å². The maximum absolute atomic E-state index is 11.1. The Kier molecular flexibility index (Phi) is 1.72. The Morgan fingerprint density at radius 2 is 2.27 bits per heavy atom. The largest absolute Gasteiger partial charge is 0.303 e. The SMILES string of the molecule is CN1CC[C@@H]2CCC(=O)C[C@@H]21. The van der Waals surface area contributed by atoms with Crippen LogP contribution in [0.4, 0.5) is 0 Å². The Morgan fingerprint density at radius 1 is 1.45 bits per heavy atom. The van der Waals surface area contributed by atoms with Gasteiger partial charge in [0, 0.05) is 18.9 Å². The van der Waals surface area contributed by atoms with Crippen LogP contribution in [0.3, 0.4) is 0 Å². The van der Waals surface area contributed by atoms with Crippen LogP contribution in [0.1, 0.15) is 25.7 Å². The van der Waals surface area contributed by atoms with Crippen molar-refractivity contribution in [2.75, 3.05) is 13.6 Å². The van der Waals surface area contributed by atoms with E-state index in [4.69, 9.17) is 0 Å². The molecule has 0 unspecified atom stereocenters. The van der Waals surface area contributed by atoms with Crippen molar-refractivity contribution in [3.05, 3.63) is 0 Å². The summed E-state index contributed by atoms with van der Waals surface area (Å²) in [5.41, 5.74) is 0. The predicted octanol–water partition coefficient (Wildman–Crippen LogP) is 1.06. The summed E-state index contributed by atoms with van der Waals surface area (Å²) in [6.07, 6.45) is 4.12. The van der Waals surface area contributed by atoms with Gasteiger partial charge in [0.25, 0.3) is 0 Å². The average Bonchev–Trinajstić information content (AvgIpc) is 2.33. The molecule has 0 amide bonds. The summed E-state index contributed by atoms with van der Waals surface area (Å²) in [6, 6.07) is 0.594. The molecule has 2 fully saturated rings. The van der Waals surface area contributed by atoms with Crippen molar-refractivity contribution >= 4 is 5.78 Å². The van der Waals surface area contributed by atoms with Crippen LogP contribution in [-0.2, 0) is 4.79 Å². The van der Waals surface area contributed by atoms with Gasteiger partial charge in [0.05, 0.1) is 0 Å². The molecule has 11 heavy (non-hydrogen) atoms. The number of hydrogen-bond donors (Lipinski definition) is 0. The first-order chi connectivity index (χ1) is 5.27. The molecule has 1 saturated carbocycles. The number of Topliss-reactive ketones (excluding diaryl/α,β-unsaturated/α-hetero) is 1. The van der Waals surface area contributed by atoms with E-state index in [9.17, 15) is 4.79 Å². The highest BCUT2D eigenvalue weighted by atomic mass is 16.1. The molecule has 2 aliphatic rings. The van der Waals surface area contributed by atoms with E-state index in [0.717, 1.165) is 25.2 Å². The highest BCUT2D eigenvalue weighted by Crippen LogP contribution is 2.33. The fourth-order valence-electron chi connectivity index (χ4n) is 2.43. The van der Waals surface area contributed by atoms with E-state index in [1.54, 1.807) is 0 Å². The summed E-state index contributed by atoms with van der Waals surface area (Å²) in [5.74, 6) is 1.30. The molecule has 0 spiro atoms. The molecule has 1 heterocycles. The normalized spacial score (nSPS) is 39.2. The fourth-order valence-corrected chi connectivity index (χ4v) is 2.43. The lowest BCUT2D eigenvalue weighted by Gasteiger charge is -2.28. The molecule has 0 aromatic rings. The number of ketones is 1. The molecular formula is C9H15NO. The first kappa shape index (κ1) is 7.29. The molecule has 0 aromatic carbocycles. The summed E-state index contributed by atoms with van der Waals surface area (Å²) < 4.78 is 0. The van der Waals surface area contributed by atoms with Crippen LogP contribution in [0.25, 0.3) is 0 Å². The lowest BCUT2D eigenvalue weighted by atomic mass is 9.84. The van der Waals surface area contributed by atoms with Gasteiger partial charge in [0.2, 0.25) is 0 Å². The molecule has 1 aliphatic carbocycles. The van der Waals surface area contributed by atoms with Crippen molar-refractivity contribution in [2.45, 2.75) is 31.7 Å². The zero-order chi connectivity index (χ0) is 7.84. The molecule has 0 bridgehead atoms. The van der Waals surface area contributed by atoms with Crippen molar-refractivity contribution in [2.24, 2.45) is 5.92 Å². The minimum absolute atomic E-state index is 0.472. The Labute approximate surface area is 67.6 Å². The van der Waals surface area contributed by atoms with E-state index >= 15 is 0 Å². The number of nitrogens with zero attached hydrogens (tertiary/aromatic N) is 1. The topological polar surface area (TPSA) is 20.3 Å². The molecule has 2 heteroatoms. The van der Waals surface area contributed by atoms with Gasteiger partial charge in [-0.3, -0.25) is 4.79 Å². The van der Waals surface area contributed by atoms with Crippen LogP contribution in [0.5, 0.6) is 0 Å². The first-order valence-electron chi connectivity index (χ1n) is 4.49. The van der Waals surface area contributed by atoms with Crippen molar-refractivity contribution in [3.8, 4) is 0 Å². The second-order valence-corrected chi connectivity index (χ2v) is 3.88. The smallest absolute Gasteiger partial charge is 0.134 e. The van der Waals surface area contributed by atoms with Crippen LogP contribution in [0.2, 0.25) is 0 Å². The number of likely N-dealkylation sites (tertiary alicyclic amines) is 1. The summed E-state index contributed by atoms with van der Waals surface area (Å²) >= 11 is 0. The highest BCUT2D eigenvalue weighted by Gasteiger charge is 2.36. The minimum Gasteiger partial charge on any atom is -0.303 e. The quantitative estimate of drug-likeness (QED) is 0.518. The first-order valence-corrected chi connectivity index (χ1v) is 4.49. The second-order valence-electron chi connectivity index (χ2n) is 3.88. The average molecular weight is 153 g/mol. The number of fused-ring (bicyclic) bond motifs is 1. The zero-order valence-corrected chi connectivity index (χ0v) is 7.05. The monoisotopic (exact) mass is 153 g/mol. The molecular weight excluding hydrogens is 138 g/mol. The van der Waals surface area contributed by atoms with Gasteiger partial charge in [-0.15, -0.1) is 0 Å². The minimum atomic E-state index is 0.472. The van der Waals surface area contributed by atoms with Crippen LogP contribution in [0.15, 0.2) is 0 Å². The van der Waals surface area contributed by atoms with Crippen LogP contribution >= 0.6 is 0 Å². The van der Waals surface area contributed by atoms with Crippen molar-refractivity contribution in [3.63, 3.8) is 0 Å². The molecule has 0 aromatic heterocycles. The standard InChI is InChI=1S/C9H15NO/c1-10-5-4-7-2-3-8(11)6-9(7)10/h7,9H,2-6H2,1H3/t7-,9-/m0/s1. The molecule has 2 atom stereocenters. The Balaban J connectivity index is 2.07. The molecule has 2 nitrogen and oxygen atoms in total. The molecule has 62 valence electrons. The van der Waals surface area contributed by atoms with Gasteiger partial charge in [-0.2, -0.15) is 0 Å².